The summed E-state index contributed by atoms with van der Waals surface area (Å²) in [4.78, 5) is 23.3. The molecule has 0 aromatic heterocycles. The van der Waals surface area contributed by atoms with Gasteiger partial charge in [-0.2, -0.15) is 0 Å². The van der Waals surface area contributed by atoms with E-state index in [9.17, 15) is 19.8 Å². The molecule has 3 rings (SSSR count). The van der Waals surface area contributed by atoms with Gasteiger partial charge in [-0.05, 0) is 16.7 Å². The molecule has 2 unspecified atom stereocenters. The van der Waals surface area contributed by atoms with Crippen LogP contribution in [0, 0.1) is 0 Å². The molecule has 1 fully saturated rings. The van der Waals surface area contributed by atoms with Gasteiger partial charge in [0.05, 0.1) is 6.54 Å². The maximum Gasteiger partial charge on any atom is 0.408 e. The minimum absolute atomic E-state index is 0.167. The third-order valence-electron chi connectivity index (χ3n) is 4.40. The van der Waals surface area contributed by atoms with Gasteiger partial charge in [0.15, 0.2) is 0 Å². The maximum atomic E-state index is 11.3. The Hall–Kier alpha value is -2.86. The predicted octanol–water partition coefficient (Wildman–Crippen LogP) is 2.38. The Morgan fingerprint density at radius 2 is 1.54 bits per heavy atom. The van der Waals surface area contributed by atoms with E-state index in [4.69, 9.17) is 5.11 Å². The Morgan fingerprint density at radius 3 is 2.04 bits per heavy atom. The molecule has 0 saturated carbocycles. The number of β-amino-alcohol motifs (C(OH)–C–C–N with tert-alkyl or cyclic N) is 1. The van der Waals surface area contributed by atoms with Crippen LogP contribution >= 0.6 is 0 Å². The zero-order chi connectivity index (χ0) is 17.3. The van der Waals surface area contributed by atoms with Gasteiger partial charge in [0.1, 0.15) is 11.6 Å². The molecular weight excluding hydrogens is 310 g/mol. The zero-order valence-electron chi connectivity index (χ0n) is 12.8. The number of benzene rings is 2. The molecule has 124 valence electrons. The second-order valence-electron chi connectivity index (χ2n) is 5.94. The standard InChI is InChI=1S/C18H17NO5/c20-16(21)15-10-18(24,11-19(15)17(22)23)14-8-6-13(7-9-14)12-4-2-1-3-5-12/h1-9,15,24H,10-11H2,(H,20,21)(H,22,23). The Balaban J connectivity index is 1.88. The van der Waals surface area contributed by atoms with Crippen LogP contribution in [-0.4, -0.2) is 44.9 Å². The zero-order valence-corrected chi connectivity index (χ0v) is 12.8. The van der Waals surface area contributed by atoms with Gasteiger partial charge in [0.2, 0.25) is 0 Å². The Labute approximate surface area is 138 Å². The third-order valence-corrected chi connectivity index (χ3v) is 4.40. The van der Waals surface area contributed by atoms with E-state index in [1.165, 1.54) is 0 Å². The summed E-state index contributed by atoms with van der Waals surface area (Å²) >= 11 is 0. The van der Waals surface area contributed by atoms with Crippen molar-refractivity contribution in [3.63, 3.8) is 0 Å². The number of hydrogen-bond donors (Lipinski definition) is 3. The molecular formula is C18H17NO5. The summed E-state index contributed by atoms with van der Waals surface area (Å²) in [6, 6.07) is 15.6. The number of rotatable bonds is 3. The molecule has 1 aliphatic heterocycles. The number of likely N-dealkylation sites (tertiary alicyclic amines) is 1. The average Bonchev–Trinajstić information content (AvgIpc) is 2.96. The van der Waals surface area contributed by atoms with Crippen molar-refractivity contribution in [2.45, 2.75) is 18.1 Å². The molecule has 24 heavy (non-hydrogen) atoms. The first-order valence-electron chi connectivity index (χ1n) is 7.51. The highest BCUT2D eigenvalue weighted by Crippen LogP contribution is 2.36. The van der Waals surface area contributed by atoms with Crippen LogP contribution < -0.4 is 0 Å². The van der Waals surface area contributed by atoms with E-state index in [2.05, 4.69) is 0 Å². The Kier molecular flexibility index (Phi) is 3.99. The summed E-state index contributed by atoms with van der Waals surface area (Å²) in [6.07, 6.45) is -1.52. The quantitative estimate of drug-likeness (QED) is 0.804. The smallest absolute Gasteiger partial charge is 0.408 e. The van der Waals surface area contributed by atoms with E-state index >= 15 is 0 Å². The lowest BCUT2D eigenvalue weighted by Crippen LogP contribution is -2.40. The highest BCUT2D eigenvalue weighted by Gasteiger charge is 2.49. The van der Waals surface area contributed by atoms with E-state index in [1.54, 1.807) is 12.1 Å². The summed E-state index contributed by atoms with van der Waals surface area (Å²) in [7, 11) is 0. The number of aliphatic hydroxyl groups is 1. The van der Waals surface area contributed by atoms with Gasteiger partial charge in [-0.3, -0.25) is 4.90 Å². The molecule has 2 aromatic rings. The van der Waals surface area contributed by atoms with Gasteiger partial charge in [-0.25, -0.2) is 9.59 Å². The lowest BCUT2D eigenvalue weighted by molar-refractivity contribution is -0.141. The molecule has 2 atom stereocenters. The van der Waals surface area contributed by atoms with Crippen LogP contribution in [0.5, 0.6) is 0 Å². The van der Waals surface area contributed by atoms with Gasteiger partial charge in [0.25, 0.3) is 0 Å². The molecule has 2 aromatic carbocycles. The van der Waals surface area contributed by atoms with Gasteiger partial charge >= 0.3 is 12.1 Å². The summed E-state index contributed by atoms with van der Waals surface area (Å²) < 4.78 is 0. The molecule has 0 aliphatic carbocycles. The second kappa shape index (κ2) is 5.98. The molecule has 0 bridgehead atoms. The van der Waals surface area contributed by atoms with Crippen LogP contribution in [0.15, 0.2) is 54.6 Å². The maximum absolute atomic E-state index is 11.3. The summed E-state index contributed by atoms with van der Waals surface area (Å²) in [6.45, 7) is -0.260. The van der Waals surface area contributed by atoms with Crippen LogP contribution in [0.3, 0.4) is 0 Å². The van der Waals surface area contributed by atoms with Crippen molar-refractivity contribution in [2.24, 2.45) is 0 Å². The van der Waals surface area contributed by atoms with Crippen molar-refractivity contribution in [3.8, 4) is 11.1 Å². The fraction of sp³-hybridized carbons (Fsp3) is 0.222. The van der Waals surface area contributed by atoms with E-state index in [0.29, 0.717) is 5.56 Å². The number of carboxylic acids is 1. The normalized spacial score (nSPS) is 23.2. The van der Waals surface area contributed by atoms with E-state index in [0.717, 1.165) is 16.0 Å². The summed E-state index contributed by atoms with van der Waals surface area (Å²) in [5.74, 6) is -1.26. The van der Waals surface area contributed by atoms with Gasteiger partial charge in [-0.15, -0.1) is 0 Å². The molecule has 3 N–H and O–H groups in total. The number of carbonyl (C=O) groups is 2. The third kappa shape index (κ3) is 2.83. The van der Waals surface area contributed by atoms with E-state index in [-0.39, 0.29) is 13.0 Å². The van der Waals surface area contributed by atoms with E-state index in [1.807, 2.05) is 42.5 Å². The van der Waals surface area contributed by atoms with Crippen LogP contribution in [0.1, 0.15) is 12.0 Å². The van der Waals surface area contributed by atoms with Crippen LogP contribution in [-0.2, 0) is 10.4 Å². The van der Waals surface area contributed by atoms with Crippen molar-refractivity contribution in [3.05, 3.63) is 60.2 Å². The largest absolute Gasteiger partial charge is 0.480 e. The topological polar surface area (TPSA) is 98.1 Å². The summed E-state index contributed by atoms with van der Waals surface area (Å²) in [5, 5.41) is 29.1. The van der Waals surface area contributed by atoms with Crippen molar-refractivity contribution in [2.75, 3.05) is 6.54 Å². The minimum Gasteiger partial charge on any atom is -0.480 e. The molecule has 0 spiro atoms. The number of aliphatic carboxylic acids is 1. The molecule has 6 heteroatoms. The molecule has 6 nitrogen and oxygen atoms in total. The molecule has 1 heterocycles. The number of carboxylic acid groups (broad SMARTS) is 2. The minimum atomic E-state index is -1.50. The first-order chi connectivity index (χ1) is 11.4. The molecule has 1 amide bonds. The van der Waals surface area contributed by atoms with Crippen molar-refractivity contribution in [1.29, 1.82) is 0 Å². The SMILES string of the molecule is O=C(O)C1CC(O)(c2ccc(-c3ccccc3)cc2)CN1C(=O)O. The molecule has 0 radical (unpaired) electrons. The van der Waals surface area contributed by atoms with Gasteiger partial charge < -0.3 is 15.3 Å². The number of hydrogen-bond acceptors (Lipinski definition) is 3. The van der Waals surface area contributed by atoms with Crippen molar-refractivity contribution < 1.29 is 24.9 Å². The fourth-order valence-electron chi connectivity index (χ4n) is 3.12. The fourth-order valence-corrected chi connectivity index (χ4v) is 3.12. The Morgan fingerprint density at radius 1 is 0.958 bits per heavy atom. The summed E-state index contributed by atoms with van der Waals surface area (Å²) in [5.41, 5.74) is 0.998. The van der Waals surface area contributed by atoms with Crippen LogP contribution in [0.25, 0.3) is 11.1 Å². The monoisotopic (exact) mass is 327 g/mol. The lowest BCUT2D eigenvalue weighted by Gasteiger charge is -2.23. The average molecular weight is 327 g/mol. The van der Waals surface area contributed by atoms with Crippen LogP contribution in [0.4, 0.5) is 4.79 Å². The molecule has 1 aliphatic rings. The number of amides is 1. The first-order valence-corrected chi connectivity index (χ1v) is 7.51. The van der Waals surface area contributed by atoms with Gasteiger partial charge in [-0.1, -0.05) is 54.6 Å². The van der Waals surface area contributed by atoms with Crippen molar-refractivity contribution in [1.82, 2.24) is 4.90 Å². The molecule has 1 saturated heterocycles. The lowest BCUT2D eigenvalue weighted by atomic mass is 9.90. The van der Waals surface area contributed by atoms with Crippen molar-refractivity contribution >= 4 is 12.1 Å². The first kappa shape index (κ1) is 16.0. The van der Waals surface area contributed by atoms with Gasteiger partial charge in [0, 0.05) is 6.42 Å². The van der Waals surface area contributed by atoms with E-state index < -0.39 is 23.7 Å². The number of nitrogens with zero attached hydrogens (tertiary/aromatic N) is 1. The highest BCUT2D eigenvalue weighted by atomic mass is 16.4. The van der Waals surface area contributed by atoms with Crippen LogP contribution in [0.2, 0.25) is 0 Å². The predicted molar refractivity (Wildman–Crippen MR) is 86.5 cm³/mol. The second-order valence-corrected chi connectivity index (χ2v) is 5.94. The Bertz CT molecular complexity index is 735. The highest BCUT2D eigenvalue weighted by molar-refractivity contribution is 5.80.